The van der Waals surface area contributed by atoms with Gasteiger partial charge < -0.3 is 10.2 Å². The average molecular weight is 333 g/mol. The van der Waals surface area contributed by atoms with E-state index >= 15 is 0 Å². The van der Waals surface area contributed by atoms with E-state index in [0.717, 1.165) is 24.2 Å². The lowest BCUT2D eigenvalue weighted by atomic mass is 10.0. The highest BCUT2D eigenvalue weighted by Gasteiger charge is 2.45. The predicted molar refractivity (Wildman–Crippen MR) is 85.9 cm³/mol. The highest BCUT2D eigenvalue weighted by Crippen LogP contribution is 2.21. The van der Waals surface area contributed by atoms with E-state index in [0.29, 0.717) is 13.1 Å². The molecule has 0 unspecified atom stereocenters. The Morgan fingerprint density at radius 2 is 2.17 bits per heavy atom. The minimum atomic E-state index is -0.951. The van der Waals surface area contributed by atoms with Crippen LogP contribution in [-0.2, 0) is 16.1 Å². The Morgan fingerprint density at radius 3 is 2.79 bits per heavy atom. The molecule has 8 nitrogen and oxygen atoms in total. The first kappa shape index (κ1) is 16.5. The standard InChI is InChI=1S/C16H23N5O3/c1-16(2)14(23)21(15(24)18-16)11-13(22)20-9-4-3-6-12(20)10-19-8-5-7-17-19/h5,7-8,12H,3-4,6,9-11H2,1-2H3,(H,18,24)/t12-/m0/s1. The number of nitrogens with zero attached hydrogens (tertiary/aromatic N) is 4. The highest BCUT2D eigenvalue weighted by molar-refractivity contribution is 6.08. The molecule has 1 aromatic rings. The summed E-state index contributed by atoms with van der Waals surface area (Å²) >= 11 is 0. The lowest BCUT2D eigenvalue weighted by Gasteiger charge is -2.36. The number of urea groups is 1. The van der Waals surface area contributed by atoms with Crippen molar-refractivity contribution in [1.29, 1.82) is 0 Å². The van der Waals surface area contributed by atoms with E-state index in [1.165, 1.54) is 0 Å². The van der Waals surface area contributed by atoms with Crippen LogP contribution in [-0.4, -0.2) is 62.1 Å². The minimum absolute atomic E-state index is 0.0416. The first-order valence-electron chi connectivity index (χ1n) is 8.29. The zero-order chi connectivity index (χ0) is 17.3. The topological polar surface area (TPSA) is 87.5 Å². The van der Waals surface area contributed by atoms with E-state index in [4.69, 9.17) is 0 Å². The van der Waals surface area contributed by atoms with Gasteiger partial charge in [0.2, 0.25) is 5.91 Å². The van der Waals surface area contributed by atoms with Gasteiger partial charge in [-0.15, -0.1) is 0 Å². The molecule has 2 saturated heterocycles. The first-order valence-corrected chi connectivity index (χ1v) is 8.29. The summed E-state index contributed by atoms with van der Waals surface area (Å²) in [6, 6.07) is 1.39. The molecule has 0 bridgehead atoms. The summed E-state index contributed by atoms with van der Waals surface area (Å²) in [5, 5.41) is 6.80. The van der Waals surface area contributed by atoms with Gasteiger partial charge in [-0.05, 0) is 39.2 Å². The maximum Gasteiger partial charge on any atom is 0.325 e. The third-order valence-electron chi connectivity index (χ3n) is 4.64. The summed E-state index contributed by atoms with van der Waals surface area (Å²) in [5.41, 5.74) is -0.951. The zero-order valence-corrected chi connectivity index (χ0v) is 14.1. The van der Waals surface area contributed by atoms with E-state index < -0.39 is 11.6 Å². The molecule has 1 aromatic heterocycles. The predicted octanol–water partition coefficient (Wildman–Crippen LogP) is 0.595. The summed E-state index contributed by atoms with van der Waals surface area (Å²) in [4.78, 5) is 39.7. The lowest BCUT2D eigenvalue weighted by Crippen LogP contribution is -2.51. The molecular formula is C16H23N5O3. The SMILES string of the molecule is CC1(C)NC(=O)N(CC(=O)N2CCCC[C@H]2Cn2cccn2)C1=O. The van der Waals surface area contributed by atoms with Gasteiger partial charge in [-0.1, -0.05) is 0 Å². The van der Waals surface area contributed by atoms with Gasteiger partial charge in [0.05, 0.1) is 12.6 Å². The second kappa shape index (κ2) is 6.26. The Hall–Kier alpha value is -2.38. The molecule has 3 rings (SSSR count). The number of carbonyl (C=O) groups is 3. The number of likely N-dealkylation sites (tertiary alicyclic amines) is 1. The Morgan fingerprint density at radius 1 is 1.38 bits per heavy atom. The molecule has 0 aliphatic carbocycles. The van der Waals surface area contributed by atoms with Crippen molar-refractivity contribution >= 4 is 17.8 Å². The summed E-state index contributed by atoms with van der Waals surface area (Å²) in [7, 11) is 0. The summed E-state index contributed by atoms with van der Waals surface area (Å²) in [6.07, 6.45) is 6.48. The van der Waals surface area contributed by atoms with E-state index in [1.807, 2.05) is 16.9 Å². The lowest BCUT2D eigenvalue weighted by molar-refractivity contribution is -0.141. The molecule has 130 valence electrons. The number of carbonyl (C=O) groups excluding carboxylic acids is 3. The number of aromatic nitrogens is 2. The van der Waals surface area contributed by atoms with E-state index in [-0.39, 0.29) is 24.4 Å². The van der Waals surface area contributed by atoms with Crippen molar-refractivity contribution < 1.29 is 14.4 Å². The van der Waals surface area contributed by atoms with Gasteiger partial charge in [-0.2, -0.15) is 5.10 Å². The van der Waals surface area contributed by atoms with Crippen molar-refractivity contribution in [3.63, 3.8) is 0 Å². The van der Waals surface area contributed by atoms with Crippen molar-refractivity contribution in [2.45, 2.75) is 51.2 Å². The second-order valence-corrected chi connectivity index (χ2v) is 6.91. The van der Waals surface area contributed by atoms with Gasteiger partial charge in [0.1, 0.15) is 12.1 Å². The number of imide groups is 1. The Bertz CT molecular complexity index is 640. The van der Waals surface area contributed by atoms with E-state index in [9.17, 15) is 14.4 Å². The largest absolute Gasteiger partial charge is 0.336 e. The van der Waals surface area contributed by atoms with Crippen LogP contribution < -0.4 is 5.32 Å². The molecule has 24 heavy (non-hydrogen) atoms. The van der Waals surface area contributed by atoms with Crippen molar-refractivity contribution in [3.05, 3.63) is 18.5 Å². The Balaban J connectivity index is 1.68. The maximum atomic E-state index is 12.7. The van der Waals surface area contributed by atoms with Gasteiger partial charge in [0.15, 0.2) is 0 Å². The number of hydrogen-bond donors (Lipinski definition) is 1. The molecule has 0 radical (unpaired) electrons. The second-order valence-electron chi connectivity index (χ2n) is 6.91. The molecule has 0 aromatic carbocycles. The molecule has 4 amide bonds. The normalized spacial score (nSPS) is 23.5. The molecule has 2 aliphatic heterocycles. The summed E-state index contributed by atoms with van der Waals surface area (Å²) in [6.45, 7) is 4.35. The van der Waals surface area contributed by atoms with Gasteiger partial charge in [0.25, 0.3) is 5.91 Å². The molecule has 2 fully saturated rings. The smallest absolute Gasteiger partial charge is 0.325 e. The molecule has 0 saturated carbocycles. The van der Waals surface area contributed by atoms with Gasteiger partial charge in [-0.3, -0.25) is 19.2 Å². The number of amides is 4. The Kier molecular flexibility index (Phi) is 4.29. The van der Waals surface area contributed by atoms with Crippen LogP contribution in [0.4, 0.5) is 4.79 Å². The van der Waals surface area contributed by atoms with Crippen molar-refractivity contribution in [2.75, 3.05) is 13.1 Å². The van der Waals surface area contributed by atoms with Crippen LogP contribution >= 0.6 is 0 Å². The van der Waals surface area contributed by atoms with Crippen molar-refractivity contribution in [3.8, 4) is 0 Å². The molecule has 1 N–H and O–H groups in total. The van der Waals surface area contributed by atoms with Crippen LogP contribution in [0.15, 0.2) is 18.5 Å². The summed E-state index contributed by atoms with van der Waals surface area (Å²) < 4.78 is 1.81. The fraction of sp³-hybridized carbons (Fsp3) is 0.625. The van der Waals surface area contributed by atoms with Crippen LogP contribution in [0.25, 0.3) is 0 Å². The van der Waals surface area contributed by atoms with Gasteiger partial charge >= 0.3 is 6.03 Å². The maximum absolute atomic E-state index is 12.7. The molecule has 2 aliphatic rings. The monoisotopic (exact) mass is 333 g/mol. The highest BCUT2D eigenvalue weighted by atomic mass is 16.2. The minimum Gasteiger partial charge on any atom is -0.336 e. The van der Waals surface area contributed by atoms with Crippen molar-refractivity contribution in [2.24, 2.45) is 0 Å². The molecular weight excluding hydrogens is 310 g/mol. The average Bonchev–Trinajstić information content (AvgIpc) is 3.10. The number of nitrogens with one attached hydrogen (secondary N) is 1. The number of rotatable bonds is 4. The van der Waals surface area contributed by atoms with Crippen LogP contribution in [0, 0.1) is 0 Å². The first-order chi connectivity index (χ1) is 11.4. The van der Waals surface area contributed by atoms with Gasteiger partial charge in [0, 0.05) is 18.9 Å². The van der Waals surface area contributed by atoms with E-state index in [1.54, 1.807) is 24.9 Å². The van der Waals surface area contributed by atoms with Gasteiger partial charge in [-0.25, -0.2) is 4.79 Å². The molecule has 3 heterocycles. The molecule has 0 spiro atoms. The Labute approximate surface area is 140 Å². The third-order valence-corrected chi connectivity index (χ3v) is 4.64. The van der Waals surface area contributed by atoms with Crippen LogP contribution in [0.1, 0.15) is 33.1 Å². The van der Waals surface area contributed by atoms with Crippen molar-refractivity contribution in [1.82, 2.24) is 24.9 Å². The van der Waals surface area contributed by atoms with Crippen LogP contribution in [0.5, 0.6) is 0 Å². The van der Waals surface area contributed by atoms with E-state index in [2.05, 4.69) is 10.4 Å². The fourth-order valence-corrected chi connectivity index (χ4v) is 3.33. The fourth-order valence-electron chi connectivity index (χ4n) is 3.33. The molecule has 8 heteroatoms. The third kappa shape index (κ3) is 3.13. The zero-order valence-electron chi connectivity index (χ0n) is 14.1. The quantitative estimate of drug-likeness (QED) is 0.817. The number of hydrogen-bond acceptors (Lipinski definition) is 4. The summed E-state index contributed by atoms with van der Waals surface area (Å²) in [5.74, 6) is -0.547. The van der Waals surface area contributed by atoms with Crippen LogP contribution in [0.2, 0.25) is 0 Å². The van der Waals surface area contributed by atoms with Crippen LogP contribution in [0.3, 0.4) is 0 Å². The molecule has 1 atom stereocenters. The number of piperidine rings is 1.